The van der Waals surface area contributed by atoms with Gasteiger partial charge in [-0.1, -0.05) is 29.3 Å². The van der Waals surface area contributed by atoms with Gasteiger partial charge in [0.25, 0.3) is 0 Å². The molecule has 2 aromatic rings. The van der Waals surface area contributed by atoms with E-state index < -0.39 is 6.04 Å². The largest absolute Gasteiger partial charge is 0.452 e. The van der Waals surface area contributed by atoms with Crippen molar-refractivity contribution in [2.45, 2.75) is 6.04 Å². The summed E-state index contributed by atoms with van der Waals surface area (Å²) in [4.78, 5) is 0. The van der Waals surface area contributed by atoms with E-state index in [4.69, 9.17) is 33.4 Å². The highest BCUT2D eigenvalue weighted by Crippen LogP contribution is 2.30. The molecule has 0 aliphatic rings. The molecule has 1 aromatic heterocycles. The van der Waals surface area contributed by atoms with Crippen molar-refractivity contribution in [2.75, 3.05) is 0 Å². The van der Waals surface area contributed by atoms with E-state index in [1.54, 1.807) is 30.3 Å². The van der Waals surface area contributed by atoms with Gasteiger partial charge >= 0.3 is 0 Å². The van der Waals surface area contributed by atoms with Crippen LogP contribution >= 0.6 is 39.1 Å². The summed E-state index contributed by atoms with van der Waals surface area (Å²) in [5.41, 5.74) is 6.82. The topological polar surface area (TPSA) is 39.2 Å². The molecule has 0 saturated carbocycles. The molecule has 1 aromatic carbocycles. The highest BCUT2D eigenvalue weighted by atomic mass is 79.9. The Bertz CT molecular complexity index is 512. The van der Waals surface area contributed by atoms with Crippen LogP contribution in [0.4, 0.5) is 0 Å². The third kappa shape index (κ3) is 2.43. The first-order valence-corrected chi connectivity index (χ1v) is 6.08. The van der Waals surface area contributed by atoms with Gasteiger partial charge in [-0.2, -0.15) is 0 Å². The van der Waals surface area contributed by atoms with Crippen molar-refractivity contribution in [3.8, 4) is 0 Å². The summed E-state index contributed by atoms with van der Waals surface area (Å²) >= 11 is 15.1. The average molecular weight is 321 g/mol. The molecule has 0 aliphatic heterocycles. The van der Waals surface area contributed by atoms with Crippen LogP contribution in [0.15, 0.2) is 39.4 Å². The lowest BCUT2D eigenvalue weighted by Gasteiger charge is -2.11. The van der Waals surface area contributed by atoms with Crippen LogP contribution in [0.5, 0.6) is 0 Å². The Morgan fingerprint density at radius 2 is 1.94 bits per heavy atom. The van der Waals surface area contributed by atoms with E-state index in [0.717, 1.165) is 5.56 Å². The standard InChI is InChI=1S/C11H8BrCl2NO/c12-10-4-3-9(16-10)11(15)7-2-1-6(13)5-8(7)14/h1-5,11H,15H2. The predicted molar refractivity (Wildman–Crippen MR) is 68.9 cm³/mol. The first-order chi connectivity index (χ1) is 7.58. The Kier molecular flexibility index (Phi) is 3.60. The molecule has 0 amide bonds. The van der Waals surface area contributed by atoms with Crippen LogP contribution in [0, 0.1) is 0 Å². The van der Waals surface area contributed by atoms with Crippen molar-refractivity contribution in [3.63, 3.8) is 0 Å². The molecule has 84 valence electrons. The van der Waals surface area contributed by atoms with Gasteiger partial charge in [-0.05, 0) is 45.8 Å². The highest BCUT2D eigenvalue weighted by Gasteiger charge is 2.15. The van der Waals surface area contributed by atoms with Crippen LogP contribution in [0.3, 0.4) is 0 Å². The summed E-state index contributed by atoms with van der Waals surface area (Å²) in [6.07, 6.45) is 0. The van der Waals surface area contributed by atoms with Gasteiger partial charge in [0, 0.05) is 10.0 Å². The molecule has 0 aliphatic carbocycles. The molecule has 2 rings (SSSR count). The zero-order valence-electron chi connectivity index (χ0n) is 8.08. The molecule has 0 bridgehead atoms. The Morgan fingerprint density at radius 1 is 1.19 bits per heavy atom. The second-order valence-electron chi connectivity index (χ2n) is 3.29. The number of benzene rings is 1. The zero-order chi connectivity index (χ0) is 11.7. The first kappa shape index (κ1) is 12.0. The fraction of sp³-hybridized carbons (Fsp3) is 0.0909. The predicted octanol–water partition coefficient (Wildman–Crippen LogP) is 4.40. The second kappa shape index (κ2) is 4.80. The number of hydrogen-bond donors (Lipinski definition) is 1. The number of halogens is 3. The van der Waals surface area contributed by atoms with Crippen molar-refractivity contribution >= 4 is 39.1 Å². The van der Waals surface area contributed by atoms with Gasteiger partial charge in [-0.15, -0.1) is 0 Å². The van der Waals surface area contributed by atoms with E-state index in [-0.39, 0.29) is 0 Å². The Balaban J connectivity index is 2.37. The lowest BCUT2D eigenvalue weighted by atomic mass is 10.1. The van der Waals surface area contributed by atoms with E-state index >= 15 is 0 Å². The van der Waals surface area contributed by atoms with Crippen LogP contribution in [-0.4, -0.2) is 0 Å². The Hall–Kier alpha value is -0.480. The maximum absolute atomic E-state index is 6.06. The van der Waals surface area contributed by atoms with Crippen molar-refractivity contribution < 1.29 is 4.42 Å². The maximum atomic E-state index is 6.06. The summed E-state index contributed by atoms with van der Waals surface area (Å²) in [5.74, 6) is 0.649. The molecule has 0 radical (unpaired) electrons. The Labute approximate surface area is 111 Å². The molecule has 2 N–H and O–H groups in total. The van der Waals surface area contributed by atoms with E-state index in [1.807, 2.05) is 0 Å². The van der Waals surface area contributed by atoms with Crippen molar-refractivity contribution in [1.29, 1.82) is 0 Å². The van der Waals surface area contributed by atoms with Gasteiger partial charge < -0.3 is 10.2 Å². The van der Waals surface area contributed by atoms with Crippen LogP contribution in [0.2, 0.25) is 10.0 Å². The maximum Gasteiger partial charge on any atom is 0.169 e. The Morgan fingerprint density at radius 3 is 2.50 bits per heavy atom. The third-order valence-corrected chi connectivity index (χ3v) is 3.19. The van der Waals surface area contributed by atoms with Crippen LogP contribution in [0.1, 0.15) is 17.4 Å². The van der Waals surface area contributed by atoms with Crippen LogP contribution in [0.25, 0.3) is 0 Å². The van der Waals surface area contributed by atoms with Gasteiger partial charge in [0.05, 0.1) is 6.04 Å². The van der Waals surface area contributed by atoms with Crippen LogP contribution < -0.4 is 5.73 Å². The second-order valence-corrected chi connectivity index (χ2v) is 4.91. The molecule has 1 atom stereocenters. The molecule has 0 saturated heterocycles. The summed E-state index contributed by atoms with van der Waals surface area (Å²) in [7, 11) is 0. The van der Waals surface area contributed by atoms with Crippen molar-refractivity contribution in [1.82, 2.24) is 0 Å². The summed E-state index contributed by atoms with van der Waals surface area (Å²) in [6, 6.07) is 8.41. The first-order valence-electron chi connectivity index (χ1n) is 4.53. The lowest BCUT2D eigenvalue weighted by molar-refractivity contribution is 0.470. The minimum atomic E-state index is -0.393. The smallest absolute Gasteiger partial charge is 0.169 e. The molecule has 0 fully saturated rings. The molecule has 0 spiro atoms. The molecule has 1 unspecified atom stereocenters. The lowest BCUT2D eigenvalue weighted by Crippen LogP contribution is -2.11. The fourth-order valence-electron chi connectivity index (χ4n) is 1.40. The SMILES string of the molecule is NC(c1ccc(Br)o1)c1ccc(Cl)cc1Cl. The third-order valence-electron chi connectivity index (χ3n) is 2.20. The van der Waals surface area contributed by atoms with E-state index in [1.165, 1.54) is 0 Å². The molecule has 5 heteroatoms. The molecule has 2 nitrogen and oxygen atoms in total. The molecular formula is C11H8BrCl2NO. The normalized spacial score (nSPS) is 12.8. The number of rotatable bonds is 2. The quantitative estimate of drug-likeness (QED) is 0.891. The van der Waals surface area contributed by atoms with Crippen molar-refractivity contribution in [3.05, 3.63) is 56.4 Å². The molecular weight excluding hydrogens is 313 g/mol. The average Bonchev–Trinajstić information content (AvgIpc) is 2.64. The van der Waals surface area contributed by atoms with Crippen molar-refractivity contribution in [2.24, 2.45) is 5.73 Å². The minimum absolute atomic E-state index is 0.393. The zero-order valence-corrected chi connectivity index (χ0v) is 11.2. The van der Waals surface area contributed by atoms with Gasteiger partial charge in [-0.25, -0.2) is 0 Å². The van der Waals surface area contributed by atoms with E-state index in [9.17, 15) is 0 Å². The number of nitrogens with two attached hydrogens (primary N) is 1. The van der Waals surface area contributed by atoms with Crippen LogP contribution in [-0.2, 0) is 0 Å². The number of hydrogen-bond acceptors (Lipinski definition) is 2. The molecule has 1 heterocycles. The summed E-state index contributed by atoms with van der Waals surface area (Å²) < 4.78 is 6.03. The summed E-state index contributed by atoms with van der Waals surface area (Å²) in [5, 5.41) is 1.12. The molecule has 16 heavy (non-hydrogen) atoms. The summed E-state index contributed by atoms with van der Waals surface area (Å²) in [6.45, 7) is 0. The minimum Gasteiger partial charge on any atom is -0.452 e. The monoisotopic (exact) mass is 319 g/mol. The fourth-order valence-corrected chi connectivity index (χ4v) is 2.25. The number of furan rings is 1. The van der Waals surface area contributed by atoms with Gasteiger partial charge in [-0.3, -0.25) is 0 Å². The van der Waals surface area contributed by atoms with Gasteiger partial charge in [0.2, 0.25) is 0 Å². The van der Waals surface area contributed by atoms with Gasteiger partial charge in [0.1, 0.15) is 5.76 Å². The highest BCUT2D eigenvalue weighted by molar-refractivity contribution is 9.10. The van der Waals surface area contributed by atoms with E-state index in [2.05, 4.69) is 15.9 Å². The van der Waals surface area contributed by atoms with Gasteiger partial charge in [0.15, 0.2) is 4.67 Å². The van der Waals surface area contributed by atoms with E-state index in [0.29, 0.717) is 20.5 Å².